The average molecular weight is 226 g/mol. The maximum atomic E-state index is 10.5. The van der Waals surface area contributed by atoms with Crippen molar-refractivity contribution in [2.75, 3.05) is 0 Å². The molecular formula is C9H19NaO3Si. The smallest absolute Gasteiger partial charge is 0.547 e. The Bertz CT molecular complexity index is 199. The topological polar surface area (TPSA) is 49.4 Å². The van der Waals surface area contributed by atoms with Crippen LogP contribution in [-0.4, -0.2) is 20.4 Å². The van der Waals surface area contributed by atoms with Crippen molar-refractivity contribution in [2.45, 2.75) is 51.9 Å². The molecule has 0 aliphatic rings. The number of carboxylic acids is 1. The first kappa shape index (κ1) is 17.1. The summed E-state index contributed by atoms with van der Waals surface area (Å²) in [6, 6.07) is 0. The van der Waals surface area contributed by atoms with Crippen molar-refractivity contribution in [3.63, 3.8) is 0 Å². The van der Waals surface area contributed by atoms with Crippen molar-refractivity contribution < 1.29 is 43.9 Å². The first-order chi connectivity index (χ1) is 5.58. The predicted octanol–water partition coefficient (Wildman–Crippen LogP) is -1.85. The number of rotatable bonds is 3. The molecule has 0 heterocycles. The summed E-state index contributed by atoms with van der Waals surface area (Å²) in [6.07, 6.45) is -0.805. The fraction of sp³-hybridized carbons (Fsp3) is 0.889. The van der Waals surface area contributed by atoms with Gasteiger partial charge in [0.05, 0.1) is 12.1 Å². The monoisotopic (exact) mass is 226 g/mol. The first-order valence-corrected chi connectivity index (χ1v) is 7.37. The van der Waals surface area contributed by atoms with E-state index in [0.29, 0.717) is 0 Å². The van der Waals surface area contributed by atoms with Crippen LogP contribution in [0, 0.1) is 0 Å². The van der Waals surface area contributed by atoms with Gasteiger partial charge in [-0.1, -0.05) is 20.8 Å². The van der Waals surface area contributed by atoms with Crippen molar-refractivity contribution in [3.8, 4) is 0 Å². The zero-order valence-electron chi connectivity index (χ0n) is 10.3. The molecule has 78 valence electrons. The molecule has 0 radical (unpaired) electrons. The van der Waals surface area contributed by atoms with Gasteiger partial charge in [-0.05, 0) is 25.1 Å². The van der Waals surface area contributed by atoms with Crippen LogP contribution in [0.1, 0.15) is 27.7 Å². The van der Waals surface area contributed by atoms with Crippen LogP contribution in [-0.2, 0) is 9.22 Å². The summed E-state index contributed by atoms with van der Waals surface area (Å²) in [5.41, 5.74) is 0. The fourth-order valence-electron chi connectivity index (χ4n) is 0.667. The minimum Gasteiger partial charge on any atom is -0.547 e. The van der Waals surface area contributed by atoms with Gasteiger partial charge >= 0.3 is 29.6 Å². The largest absolute Gasteiger partial charge is 1.00 e. The van der Waals surface area contributed by atoms with Crippen LogP contribution in [0.5, 0.6) is 0 Å². The maximum absolute atomic E-state index is 10.5. The van der Waals surface area contributed by atoms with Gasteiger partial charge in [0, 0.05) is 0 Å². The number of carbonyl (C=O) groups excluding carboxylic acids is 1. The summed E-state index contributed by atoms with van der Waals surface area (Å²) in [6.45, 7) is 11.8. The molecule has 0 spiro atoms. The Morgan fingerprint density at radius 3 is 1.93 bits per heavy atom. The number of hydrogen-bond acceptors (Lipinski definition) is 3. The van der Waals surface area contributed by atoms with E-state index in [1.54, 1.807) is 0 Å². The van der Waals surface area contributed by atoms with Gasteiger partial charge in [0.15, 0.2) is 8.32 Å². The van der Waals surface area contributed by atoms with Gasteiger partial charge in [-0.2, -0.15) is 0 Å². The van der Waals surface area contributed by atoms with Gasteiger partial charge in [-0.25, -0.2) is 0 Å². The van der Waals surface area contributed by atoms with Gasteiger partial charge in [0.1, 0.15) is 0 Å². The van der Waals surface area contributed by atoms with Gasteiger partial charge in [0.25, 0.3) is 0 Å². The van der Waals surface area contributed by atoms with Gasteiger partial charge in [0.2, 0.25) is 0 Å². The molecule has 0 rings (SSSR count). The average Bonchev–Trinajstić information content (AvgIpc) is 1.83. The van der Waals surface area contributed by atoms with Crippen molar-refractivity contribution in [2.24, 2.45) is 0 Å². The number of aliphatic carboxylic acids is 1. The Hall–Kier alpha value is 0.647. The Morgan fingerprint density at radius 1 is 1.36 bits per heavy atom. The van der Waals surface area contributed by atoms with Crippen LogP contribution >= 0.6 is 0 Å². The van der Waals surface area contributed by atoms with Gasteiger partial charge in [-0.15, -0.1) is 0 Å². The minimum atomic E-state index is -1.95. The van der Waals surface area contributed by atoms with Crippen LogP contribution in [0.4, 0.5) is 0 Å². The van der Waals surface area contributed by atoms with E-state index in [0.717, 1.165) is 0 Å². The standard InChI is InChI=1S/C9H20O3Si.Na/c1-7(8(10)11)12-13(5,6)9(2,3)4;/h7H,1-6H3,(H,10,11);/q;+1/p-1. The molecule has 3 nitrogen and oxygen atoms in total. The van der Waals surface area contributed by atoms with Crippen LogP contribution in [0.15, 0.2) is 0 Å². The number of carboxylic acid groups (broad SMARTS) is 1. The molecule has 0 saturated carbocycles. The molecule has 5 heteroatoms. The normalized spacial score (nSPS) is 14.4. The summed E-state index contributed by atoms with van der Waals surface area (Å²) >= 11 is 0. The van der Waals surface area contributed by atoms with Crippen LogP contribution < -0.4 is 34.7 Å². The van der Waals surface area contributed by atoms with Gasteiger partial charge in [-0.3, -0.25) is 0 Å². The molecule has 0 amide bonds. The van der Waals surface area contributed by atoms with E-state index in [1.165, 1.54) is 6.92 Å². The zero-order chi connectivity index (χ0) is 10.9. The maximum Gasteiger partial charge on any atom is 1.00 e. The van der Waals surface area contributed by atoms with Crippen LogP contribution in [0.25, 0.3) is 0 Å². The summed E-state index contributed by atoms with van der Waals surface area (Å²) in [5.74, 6) is -1.13. The Morgan fingerprint density at radius 2 is 1.71 bits per heavy atom. The molecule has 1 unspecified atom stereocenters. The van der Waals surface area contributed by atoms with E-state index in [2.05, 4.69) is 20.8 Å². The molecule has 0 aromatic rings. The zero-order valence-corrected chi connectivity index (χ0v) is 13.3. The molecule has 1 atom stereocenters. The van der Waals surface area contributed by atoms with E-state index in [-0.39, 0.29) is 34.6 Å². The molecule has 0 aliphatic carbocycles. The SMILES string of the molecule is CC(O[Si](C)(C)C(C)(C)C)C(=O)[O-].[Na+]. The second kappa shape index (κ2) is 5.65. The first-order valence-electron chi connectivity index (χ1n) is 4.46. The third kappa shape index (κ3) is 4.93. The number of hydrogen-bond donors (Lipinski definition) is 0. The van der Waals surface area contributed by atoms with Crippen molar-refractivity contribution in [1.82, 2.24) is 0 Å². The van der Waals surface area contributed by atoms with E-state index < -0.39 is 20.4 Å². The fourth-order valence-corrected chi connectivity index (χ4v) is 2.00. The van der Waals surface area contributed by atoms with Crippen LogP contribution in [0.2, 0.25) is 18.1 Å². The molecular weight excluding hydrogens is 207 g/mol. The second-order valence-corrected chi connectivity index (χ2v) is 9.60. The van der Waals surface area contributed by atoms with E-state index >= 15 is 0 Å². The molecule has 0 N–H and O–H groups in total. The summed E-state index contributed by atoms with van der Waals surface area (Å²) < 4.78 is 5.54. The quantitative estimate of drug-likeness (QED) is 0.531. The summed E-state index contributed by atoms with van der Waals surface area (Å²) in [5, 5.41) is 10.5. The Labute approximate surface area is 110 Å². The second-order valence-electron chi connectivity index (χ2n) is 4.84. The van der Waals surface area contributed by atoms with E-state index in [4.69, 9.17) is 4.43 Å². The third-order valence-corrected chi connectivity index (χ3v) is 7.16. The molecule has 0 aromatic heterocycles. The predicted molar refractivity (Wildman–Crippen MR) is 52.8 cm³/mol. The van der Waals surface area contributed by atoms with Crippen LogP contribution in [0.3, 0.4) is 0 Å². The minimum absolute atomic E-state index is 0. The number of carbonyl (C=O) groups is 1. The molecule has 0 saturated heterocycles. The molecule has 0 aromatic carbocycles. The van der Waals surface area contributed by atoms with Crippen molar-refractivity contribution in [3.05, 3.63) is 0 Å². The molecule has 0 aliphatic heterocycles. The molecule has 14 heavy (non-hydrogen) atoms. The van der Waals surface area contributed by atoms with E-state index in [1.807, 2.05) is 13.1 Å². The third-order valence-electron chi connectivity index (χ3n) is 2.61. The summed E-state index contributed by atoms with van der Waals surface area (Å²) in [7, 11) is -1.95. The molecule has 0 fully saturated rings. The van der Waals surface area contributed by atoms with Crippen molar-refractivity contribution >= 4 is 14.3 Å². The van der Waals surface area contributed by atoms with E-state index in [9.17, 15) is 9.90 Å². The van der Waals surface area contributed by atoms with Gasteiger partial charge < -0.3 is 14.3 Å². The Kier molecular flexibility index (Phi) is 6.89. The summed E-state index contributed by atoms with van der Waals surface area (Å²) in [4.78, 5) is 10.5. The van der Waals surface area contributed by atoms with Crippen molar-refractivity contribution in [1.29, 1.82) is 0 Å². The Balaban J connectivity index is 0. The molecule has 0 bridgehead atoms.